The topological polar surface area (TPSA) is 6.48 Å². The van der Waals surface area contributed by atoms with E-state index in [0.717, 1.165) is 25.8 Å². The van der Waals surface area contributed by atoms with E-state index in [4.69, 9.17) is 0 Å². The molecule has 3 aliphatic carbocycles. The molecule has 0 N–H and O–H groups in total. The number of para-hydroxylation sites is 2. The molecule has 0 fully saturated rings. The summed E-state index contributed by atoms with van der Waals surface area (Å²) in [5.74, 6) is 0. The van der Waals surface area contributed by atoms with Crippen LogP contribution in [0.15, 0.2) is 193 Å². The Balaban J connectivity index is 0.951. The fourth-order valence-electron chi connectivity index (χ4n) is 11.7. The third-order valence-electron chi connectivity index (χ3n) is 14.3. The van der Waals surface area contributed by atoms with Crippen LogP contribution in [-0.4, -0.2) is 6.54 Å². The highest BCUT2D eigenvalue weighted by atomic mass is 15.2. The summed E-state index contributed by atoms with van der Waals surface area (Å²) >= 11 is 0. The van der Waals surface area contributed by atoms with Gasteiger partial charge in [0.15, 0.2) is 0 Å². The fourth-order valence-corrected chi connectivity index (χ4v) is 11.7. The summed E-state index contributed by atoms with van der Waals surface area (Å²) in [5, 5.41) is 2.49. The van der Waals surface area contributed by atoms with Gasteiger partial charge < -0.3 is 9.80 Å². The zero-order chi connectivity index (χ0) is 40.1. The predicted molar refractivity (Wildman–Crippen MR) is 255 cm³/mol. The average Bonchev–Trinajstić information content (AvgIpc) is 3.79. The maximum Gasteiger partial charge on any atom is 0.0726 e. The Hall–Kier alpha value is -7.16. The first-order chi connectivity index (χ1) is 30.3. The summed E-state index contributed by atoms with van der Waals surface area (Å²) in [4.78, 5) is 5.11. The van der Waals surface area contributed by atoms with Crippen LogP contribution in [0.1, 0.15) is 70.2 Å². The van der Waals surface area contributed by atoms with Crippen LogP contribution in [0, 0.1) is 0 Å². The van der Waals surface area contributed by atoms with Crippen LogP contribution in [0.4, 0.5) is 22.7 Å². The average molecular weight is 781 g/mol. The van der Waals surface area contributed by atoms with Crippen LogP contribution >= 0.6 is 0 Å². The second-order valence-electron chi connectivity index (χ2n) is 17.4. The summed E-state index contributed by atoms with van der Waals surface area (Å²) < 4.78 is 0. The van der Waals surface area contributed by atoms with Crippen LogP contribution in [0.3, 0.4) is 0 Å². The summed E-state index contributed by atoms with van der Waals surface area (Å²) in [6, 6.07) is 64.2. The SMILES string of the molecule is C1=CC2=C(CC1)N(c1ccc3c(c1)C1(c4ccccc4-c4ccccc41)c1cc(/C=C/c4ccc(N5c6ccccc6Cc6ccccc65)c5ccccc45)ccc1-3)CCC2. The van der Waals surface area contributed by atoms with Gasteiger partial charge >= 0.3 is 0 Å². The quantitative estimate of drug-likeness (QED) is 0.164. The summed E-state index contributed by atoms with van der Waals surface area (Å²) in [5.41, 5.74) is 23.7. The van der Waals surface area contributed by atoms with Crippen molar-refractivity contribution < 1.29 is 0 Å². The number of rotatable bonds is 4. The van der Waals surface area contributed by atoms with Crippen molar-refractivity contribution in [1.82, 2.24) is 0 Å². The molecule has 61 heavy (non-hydrogen) atoms. The first-order valence-electron chi connectivity index (χ1n) is 22.1. The lowest BCUT2D eigenvalue weighted by atomic mass is 9.70. The molecule has 0 unspecified atom stereocenters. The molecule has 2 aliphatic heterocycles. The standard InChI is InChI=1S/C59H44N2/c1-10-24-55-41(14-1)17-13-35-60(55)44-31-33-49-48-32-28-39(36-53(48)59(54(49)38-44)51-22-8-6-19-46(51)47-20-7-9-23-52(47)59)27-29-40-30-34-58(50-21-5-4-18-45(40)50)61-56-25-11-2-15-42(56)37-43-16-3-12-26-57(43)61/h1-9,11-12,14-16,18-23,25-34,36,38H,10,13,17,24,35,37H2/b29-27+. The molecule has 0 bridgehead atoms. The van der Waals surface area contributed by atoms with Gasteiger partial charge in [-0.2, -0.15) is 0 Å². The molecule has 0 amide bonds. The molecule has 2 nitrogen and oxygen atoms in total. The van der Waals surface area contributed by atoms with Gasteiger partial charge in [-0.1, -0.05) is 158 Å². The van der Waals surface area contributed by atoms with Gasteiger partial charge in [-0.15, -0.1) is 0 Å². The van der Waals surface area contributed by atoms with E-state index in [9.17, 15) is 0 Å². The first kappa shape index (κ1) is 34.7. The number of nitrogens with zero attached hydrogens (tertiary/aromatic N) is 2. The number of allylic oxidation sites excluding steroid dienone is 4. The van der Waals surface area contributed by atoms with E-state index in [1.165, 1.54) is 124 Å². The van der Waals surface area contributed by atoms with Gasteiger partial charge in [0, 0.05) is 41.1 Å². The minimum Gasteiger partial charge on any atom is -0.345 e. The maximum absolute atomic E-state index is 2.64. The Labute approximate surface area is 358 Å². The smallest absolute Gasteiger partial charge is 0.0726 e. The van der Waals surface area contributed by atoms with E-state index < -0.39 is 5.41 Å². The van der Waals surface area contributed by atoms with E-state index in [-0.39, 0.29) is 0 Å². The number of fused-ring (bicyclic) bond motifs is 13. The molecule has 2 heterocycles. The minimum atomic E-state index is -0.410. The third-order valence-corrected chi connectivity index (χ3v) is 14.3. The molecular formula is C59H44N2. The van der Waals surface area contributed by atoms with Crippen molar-refractivity contribution in [3.8, 4) is 22.3 Å². The fraction of sp³-hybridized carbons (Fsp3) is 0.119. The molecule has 0 saturated heterocycles. The van der Waals surface area contributed by atoms with Crippen molar-refractivity contribution in [2.24, 2.45) is 0 Å². The summed E-state index contributed by atoms with van der Waals surface area (Å²) in [7, 11) is 0. The van der Waals surface area contributed by atoms with E-state index in [2.05, 4.69) is 204 Å². The molecule has 0 aromatic heterocycles. The van der Waals surface area contributed by atoms with Crippen molar-refractivity contribution in [3.05, 3.63) is 238 Å². The molecule has 13 rings (SSSR count). The number of benzene rings is 8. The van der Waals surface area contributed by atoms with Crippen molar-refractivity contribution in [3.63, 3.8) is 0 Å². The Kier molecular flexibility index (Phi) is 7.63. The highest BCUT2D eigenvalue weighted by molar-refractivity contribution is 6.05. The molecular weight excluding hydrogens is 737 g/mol. The highest BCUT2D eigenvalue weighted by Crippen LogP contribution is 2.63. The van der Waals surface area contributed by atoms with Gasteiger partial charge in [-0.3, -0.25) is 0 Å². The van der Waals surface area contributed by atoms with Crippen LogP contribution < -0.4 is 9.80 Å². The Morgan fingerprint density at radius 1 is 0.492 bits per heavy atom. The third kappa shape index (κ3) is 5.03. The normalized spacial score (nSPS) is 16.3. The second-order valence-corrected chi connectivity index (χ2v) is 17.4. The van der Waals surface area contributed by atoms with Gasteiger partial charge in [0.1, 0.15) is 0 Å². The highest BCUT2D eigenvalue weighted by Gasteiger charge is 2.52. The zero-order valence-corrected chi connectivity index (χ0v) is 34.1. The second kappa shape index (κ2) is 13.4. The molecule has 5 aliphatic rings. The summed E-state index contributed by atoms with van der Waals surface area (Å²) in [6.07, 6.45) is 15.0. The zero-order valence-electron chi connectivity index (χ0n) is 34.1. The lowest BCUT2D eigenvalue weighted by molar-refractivity contribution is 0.691. The Bertz CT molecular complexity index is 3140. The van der Waals surface area contributed by atoms with Crippen molar-refractivity contribution in [1.29, 1.82) is 0 Å². The Morgan fingerprint density at radius 3 is 1.90 bits per heavy atom. The molecule has 0 saturated carbocycles. The van der Waals surface area contributed by atoms with Crippen LogP contribution in [0.2, 0.25) is 0 Å². The van der Waals surface area contributed by atoms with Crippen LogP contribution in [0.5, 0.6) is 0 Å². The van der Waals surface area contributed by atoms with Gasteiger partial charge in [-0.25, -0.2) is 0 Å². The van der Waals surface area contributed by atoms with E-state index in [1.54, 1.807) is 0 Å². The molecule has 1 spiro atoms. The van der Waals surface area contributed by atoms with Gasteiger partial charge in [0.25, 0.3) is 0 Å². The number of hydrogen-bond donors (Lipinski definition) is 0. The lowest BCUT2D eigenvalue weighted by Gasteiger charge is -2.36. The van der Waals surface area contributed by atoms with Crippen LogP contribution in [-0.2, 0) is 11.8 Å². The van der Waals surface area contributed by atoms with E-state index in [1.807, 2.05) is 0 Å². The van der Waals surface area contributed by atoms with Crippen molar-refractivity contribution >= 4 is 45.7 Å². The van der Waals surface area contributed by atoms with Gasteiger partial charge in [-0.05, 0) is 140 Å². The monoisotopic (exact) mass is 780 g/mol. The molecule has 290 valence electrons. The molecule has 0 atom stereocenters. The van der Waals surface area contributed by atoms with Crippen molar-refractivity contribution in [2.45, 2.75) is 37.5 Å². The number of anilines is 4. The molecule has 2 heteroatoms. The molecule has 8 aromatic carbocycles. The number of hydrogen-bond acceptors (Lipinski definition) is 2. The summed E-state index contributed by atoms with van der Waals surface area (Å²) in [6.45, 7) is 1.07. The maximum atomic E-state index is 2.64. The lowest BCUT2D eigenvalue weighted by Crippen LogP contribution is -2.30. The van der Waals surface area contributed by atoms with E-state index >= 15 is 0 Å². The Morgan fingerprint density at radius 2 is 1.13 bits per heavy atom. The van der Waals surface area contributed by atoms with Gasteiger partial charge in [0.2, 0.25) is 0 Å². The minimum absolute atomic E-state index is 0.410. The van der Waals surface area contributed by atoms with Gasteiger partial charge in [0.05, 0.1) is 11.1 Å². The van der Waals surface area contributed by atoms with E-state index in [0.29, 0.717) is 0 Å². The predicted octanol–water partition coefficient (Wildman–Crippen LogP) is 14.9. The van der Waals surface area contributed by atoms with Crippen molar-refractivity contribution in [2.75, 3.05) is 16.3 Å². The van der Waals surface area contributed by atoms with Crippen LogP contribution in [0.25, 0.3) is 45.2 Å². The largest absolute Gasteiger partial charge is 0.345 e. The first-order valence-corrected chi connectivity index (χ1v) is 22.1. The molecule has 0 radical (unpaired) electrons. The molecule has 8 aromatic rings.